The molecule has 2 rings (SSSR count). The zero-order chi connectivity index (χ0) is 22.6. The van der Waals surface area contributed by atoms with E-state index in [0.29, 0.717) is 37.8 Å². The van der Waals surface area contributed by atoms with Gasteiger partial charge in [0.1, 0.15) is 11.9 Å². The number of hydrogen-bond acceptors (Lipinski definition) is 6. The molecule has 0 spiro atoms. The van der Waals surface area contributed by atoms with Crippen molar-refractivity contribution in [2.24, 2.45) is 16.8 Å². The Morgan fingerprint density at radius 3 is 2.58 bits per heavy atom. The van der Waals surface area contributed by atoms with Crippen molar-refractivity contribution in [3.05, 3.63) is 35.6 Å². The first-order chi connectivity index (χ1) is 14.9. The van der Waals surface area contributed by atoms with Gasteiger partial charge in [-0.2, -0.15) is 0 Å². The molecule has 0 bridgehead atoms. The van der Waals surface area contributed by atoms with Crippen LogP contribution in [-0.4, -0.2) is 54.3 Å². The van der Waals surface area contributed by atoms with E-state index in [1.54, 1.807) is 0 Å². The molecule has 9 nitrogen and oxygen atoms in total. The monoisotopic (exact) mass is 436 g/mol. The number of benzene rings is 1. The molecule has 3 atom stereocenters. The van der Waals surface area contributed by atoms with E-state index in [0.717, 1.165) is 12.8 Å². The third-order valence-corrected chi connectivity index (χ3v) is 5.17. The van der Waals surface area contributed by atoms with Gasteiger partial charge in [0.05, 0.1) is 6.21 Å². The van der Waals surface area contributed by atoms with E-state index in [1.165, 1.54) is 30.5 Å². The van der Waals surface area contributed by atoms with Crippen LogP contribution >= 0.6 is 0 Å². The van der Waals surface area contributed by atoms with Gasteiger partial charge in [-0.3, -0.25) is 14.4 Å². The highest BCUT2D eigenvalue weighted by Crippen LogP contribution is 2.30. The summed E-state index contributed by atoms with van der Waals surface area (Å²) in [6.45, 7) is 0.241. The number of oxime groups is 1. The van der Waals surface area contributed by atoms with Gasteiger partial charge in [0.25, 0.3) is 5.91 Å². The van der Waals surface area contributed by atoms with Crippen LogP contribution in [-0.2, 0) is 19.2 Å². The van der Waals surface area contributed by atoms with Crippen LogP contribution in [0.1, 0.15) is 44.1 Å². The molecule has 1 fully saturated rings. The first-order valence-corrected chi connectivity index (χ1v) is 10.3. The Labute approximate surface area is 180 Å². The lowest BCUT2D eigenvalue weighted by molar-refractivity contribution is -0.142. The van der Waals surface area contributed by atoms with E-state index >= 15 is 0 Å². The van der Waals surface area contributed by atoms with Crippen molar-refractivity contribution in [3.63, 3.8) is 0 Å². The molecule has 1 saturated carbocycles. The van der Waals surface area contributed by atoms with Gasteiger partial charge in [-0.25, -0.2) is 4.39 Å². The van der Waals surface area contributed by atoms with Crippen LogP contribution in [0.4, 0.5) is 4.39 Å². The number of carboxylic acids is 1. The summed E-state index contributed by atoms with van der Waals surface area (Å²) in [4.78, 5) is 39.5. The summed E-state index contributed by atoms with van der Waals surface area (Å²) in [5, 5.41) is 18.2. The minimum absolute atomic E-state index is 0.108. The quantitative estimate of drug-likeness (QED) is 0.208. The lowest BCUT2D eigenvalue weighted by atomic mass is 9.75. The van der Waals surface area contributed by atoms with Crippen LogP contribution < -0.4 is 16.4 Å². The molecule has 3 unspecified atom stereocenters. The van der Waals surface area contributed by atoms with E-state index in [4.69, 9.17) is 15.7 Å². The van der Waals surface area contributed by atoms with Crippen LogP contribution in [0.2, 0.25) is 0 Å². The Kier molecular flexibility index (Phi) is 9.89. The van der Waals surface area contributed by atoms with E-state index in [-0.39, 0.29) is 36.2 Å². The molecule has 31 heavy (non-hydrogen) atoms. The number of amides is 2. The smallest absolute Gasteiger partial charge is 0.320 e. The maximum absolute atomic E-state index is 12.8. The van der Waals surface area contributed by atoms with Gasteiger partial charge in [0.15, 0.2) is 6.61 Å². The van der Waals surface area contributed by atoms with E-state index in [2.05, 4.69) is 15.8 Å². The van der Waals surface area contributed by atoms with E-state index < -0.39 is 12.0 Å². The van der Waals surface area contributed by atoms with Gasteiger partial charge >= 0.3 is 5.97 Å². The number of carboxylic acid groups (broad SMARTS) is 1. The average Bonchev–Trinajstić information content (AvgIpc) is 2.72. The number of carbonyl (C=O) groups excluding carboxylic acids is 2. The Morgan fingerprint density at radius 1 is 1.19 bits per heavy atom. The summed E-state index contributed by atoms with van der Waals surface area (Å²) in [7, 11) is 0. The molecular weight excluding hydrogens is 407 g/mol. The second-order valence-electron chi connectivity index (χ2n) is 7.50. The molecule has 0 heterocycles. The zero-order valence-corrected chi connectivity index (χ0v) is 17.3. The minimum atomic E-state index is -1.05. The maximum atomic E-state index is 12.8. The highest BCUT2D eigenvalue weighted by atomic mass is 19.1. The summed E-state index contributed by atoms with van der Waals surface area (Å²) in [6, 6.07) is 4.58. The number of halogens is 1. The number of hydrogen-bond donors (Lipinski definition) is 4. The third kappa shape index (κ3) is 8.71. The second-order valence-corrected chi connectivity index (χ2v) is 7.50. The Bertz CT molecular complexity index is 772. The summed E-state index contributed by atoms with van der Waals surface area (Å²) in [5.74, 6) is -2.01. The Balaban J connectivity index is 1.47. The van der Waals surface area contributed by atoms with Gasteiger partial charge in [-0.05, 0) is 43.4 Å². The average molecular weight is 436 g/mol. The lowest BCUT2D eigenvalue weighted by Gasteiger charge is -2.39. The molecule has 1 aliphatic carbocycles. The van der Waals surface area contributed by atoms with Crippen LogP contribution in [0, 0.1) is 11.7 Å². The highest BCUT2D eigenvalue weighted by Gasteiger charge is 2.39. The van der Waals surface area contributed by atoms with E-state index in [1.807, 2.05) is 0 Å². The fraction of sp³-hybridized carbons (Fsp3) is 0.524. The van der Waals surface area contributed by atoms with Crippen molar-refractivity contribution in [3.8, 4) is 0 Å². The molecular formula is C21H29FN4O5. The molecule has 0 aromatic heterocycles. The SMILES string of the molecule is NC(C(=O)O)C1CCC1NC(=O)CCCCCNC(=O)CO/N=C/c1ccc(F)cc1. The molecule has 5 N–H and O–H groups in total. The molecule has 10 heteroatoms. The summed E-state index contributed by atoms with van der Waals surface area (Å²) in [5.41, 5.74) is 6.28. The summed E-state index contributed by atoms with van der Waals surface area (Å²) >= 11 is 0. The lowest BCUT2D eigenvalue weighted by Crippen LogP contribution is -2.56. The van der Waals surface area contributed by atoms with Gasteiger partial charge in [0.2, 0.25) is 5.91 Å². The number of aliphatic carboxylic acids is 1. The van der Waals surface area contributed by atoms with Crippen molar-refractivity contribution in [2.45, 2.75) is 50.6 Å². The van der Waals surface area contributed by atoms with Gasteiger partial charge in [-0.15, -0.1) is 0 Å². The molecule has 1 aliphatic rings. The minimum Gasteiger partial charge on any atom is -0.480 e. The third-order valence-electron chi connectivity index (χ3n) is 5.17. The fourth-order valence-corrected chi connectivity index (χ4v) is 3.21. The Morgan fingerprint density at radius 2 is 1.94 bits per heavy atom. The largest absolute Gasteiger partial charge is 0.480 e. The molecule has 0 saturated heterocycles. The van der Waals surface area contributed by atoms with Crippen molar-refractivity contribution in [2.75, 3.05) is 13.2 Å². The number of nitrogens with two attached hydrogens (primary N) is 1. The number of nitrogens with one attached hydrogen (secondary N) is 2. The number of rotatable bonds is 13. The van der Waals surface area contributed by atoms with E-state index in [9.17, 15) is 18.8 Å². The zero-order valence-electron chi connectivity index (χ0n) is 17.3. The summed E-state index contributed by atoms with van der Waals surface area (Å²) in [6.07, 6.45) is 5.34. The van der Waals surface area contributed by atoms with Crippen LogP contribution in [0.3, 0.4) is 0 Å². The molecule has 170 valence electrons. The Hall–Kier alpha value is -3.01. The van der Waals surface area contributed by atoms with Crippen LogP contribution in [0.25, 0.3) is 0 Å². The maximum Gasteiger partial charge on any atom is 0.320 e. The first kappa shape index (κ1) is 24.3. The van der Waals surface area contributed by atoms with Crippen molar-refractivity contribution >= 4 is 24.0 Å². The van der Waals surface area contributed by atoms with Gasteiger partial charge < -0.3 is 26.3 Å². The molecule has 0 aliphatic heterocycles. The normalized spacial score (nSPS) is 18.8. The van der Waals surface area contributed by atoms with Crippen LogP contribution in [0.15, 0.2) is 29.4 Å². The second kappa shape index (κ2) is 12.6. The number of unbranched alkanes of at least 4 members (excludes halogenated alkanes) is 2. The predicted molar refractivity (Wildman–Crippen MR) is 112 cm³/mol. The van der Waals surface area contributed by atoms with Crippen molar-refractivity contribution in [1.29, 1.82) is 0 Å². The predicted octanol–water partition coefficient (Wildman–Crippen LogP) is 1.16. The van der Waals surface area contributed by atoms with Gasteiger partial charge in [0, 0.05) is 24.9 Å². The molecule has 1 aromatic rings. The van der Waals surface area contributed by atoms with Crippen LogP contribution in [0.5, 0.6) is 0 Å². The first-order valence-electron chi connectivity index (χ1n) is 10.3. The molecule has 1 aromatic carbocycles. The molecule has 0 radical (unpaired) electrons. The topological polar surface area (TPSA) is 143 Å². The van der Waals surface area contributed by atoms with Crippen molar-refractivity contribution in [1.82, 2.24) is 10.6 Å². The number of carbonyl (C=O) groups is 3. The summed E-state index contributed by atoms with van der Waals surface area (Å²) < 4.78 is 12.8. The van der Waals surface area contributed by atoms with Gasteiger partial charge in [-0.1, -0.05) is 23.7 Å². The van der Waals surface area contributed by atoms with Crippen molar-refractivity contribution < 1.29 is 28.7 Å². The highest BCUT2D eigenvalue weighted by molar-refractivity contribution is 5.80. The molecule has 2 amide bonds. The number of nitrogens with zero attached hydrogens (tertiary/aromatic N) is 1. The fourth-order valence-electron chi connectivity index (χ4n) is 3.21. The standard InChI is InChI=1S/C21H29FN4O5/c22-15-7-5-14(6-8-15)12-25-31-13-19(28)24-11-3-1-2-4-18(27)26-17-10-9-16(17)20(23)21(29)30/h5-8,12,16-17,20H,1-4,9-11,13,23H2,(H,24,28)(H,26,27)(H,29,30)/b25-12+.